The quantitative estimate of drug-likeness (QED) is 0.834. The standard InChI is InChI=1S/C15H14N2O2S/c1-9-7-8-20-12(9)10-3-5-11(6-4-10)15(2)13(18)16-14(19)17-15/h3-8H,1-2H3,(H2,16,17,18,19). The van der Waals surface area contributed by atoms with Crippen LogP contribution < -0.4 is 10.6 Å². The number of carbonyl (C=O) groups is 2. The number of thiophene rings is 1. The van der Waals surface area contributed by atoms with Crippen molar-refractivity contribution in [1.82, 2.24) is 10.6 Å². The van der Waals surface area contributed by atoms with E-state index < -0.39 is 11.6 Å². The molecule has 1 aromatic carbocycles. The predicted molar refractivity (Wildman–Crippen MR) is 78.5 cm³/mol. The number of benzene rings is 1. The molecule has 1 aliphatic heterocycles. The molecule has 2 N–H and O–H groups in total. The number of hydrogen-bond acceptors (Lipinski definition) is 3. The van der Waals surface area contributed by atoms with Crippen molar-refractivity contribution >= 4 is 23.3 Å². The van der Waals surface area contributed by atoms with Crippen LogP contribution in [-0.2, 0) is 10.3 Å². The third kappa shape index (κ3) is 1.91. The van der Waals surface area contributed by atoms with E-state index in [1.54, 1.807) is 18.3 Å². The summed E-state index contributed by atoms with van der Waals surface area (Å²) in [6.45, 7) is 3.78. The van der Waals surface area contributed by atoms with Gasteiger partial charge in [-0.05, 0) is 42.0 Å². The molecule has 1 aromatic heterocycles. The van der Waals surface area contributed by atoms with E-state index in [2.05, 4.69) is 29.0 Å². The molecule has 1 saturated heterocycles. The summed E-state index contributed by atoms with van der Waals surface area (Å²) < 4.78 is 0. The number of amides is 3. The molecule has 0 aliphatic carbocycles. The fourth-order valence-corrected chi connectivity index (χ4v) is 3.30. The summed E-state index contributed by atoms with van der Waals surface area (Å²) in [6, 6.07) is 9.38. The van der Waals surface area contributed by atoms with Crippen LogP contribution in [0.4, 0.5) is 4.79 Å². The Kier molecular flexibility index (Phi) is 2.87. The Hall–Kier alpha value is -2.14. The normalized spacial score (nSPS) is 21.7. The molecule has 0 radical (unpaired) electrons. The molecule has 4 nitrogen and oxygen atoms in total. The zero-order chi connectivity index (χ0) is 14.3. The van der Waals surface area contributed by atoms with Crippen LogP contribution >= 0.6 is 11.3 Å². The van der Waals surface area contributed by atoms with Gasteiger partial charge in [0.25, 0.3) is 5.91 Å². The minimum atomic E-state index is -0.986. The highest BCUT2D eigenvalue weighted by Gasteiger charge is 2.43. The Balaban J connectivity index is 1.96. The van der Waals surface area contributed by atoms with Crippen molar-refractivity contribution in [3.63, 3.8) is 0 Å². The van der Waals surface area contributed by atoms with Gasteiger partial charge in [-0.1, -0.05) is 24.3 Å². The maximum absolute atomic E-state index is 11.9. The number of hydrogen-bond donors (Lipinski definition) is 2. The van der Waals surface area contributed by atoms with E-state index in [-0.39, 0.29) is 5.91 Å². The lowest BCUT2D eigenvalue weighted by molar-refractivity contribution is -0.123. The lowest BCUT2D eigenvalue weighted by Crippen LogP contribution is -2.40. The van der Waals surface area contributed by atoms with Crippen LogP contribution in [0.15, 0.2) is 35.7 Å². The largest absolute Gasteiger partial charge is 0.322 e. The van der Waals surface area contributed by atoms with Crippen LogP contribution in [0.1, 0.15) is 18.1 Å². The first-order chi connectivity index (χ1) is 9.50. The second-order valence-electron chi connectivity index (χ2n) is 5.04. The second kappa shape index (κ2) is 4.45. The Morgan fingerprint density at radius 2 is 1.80 bits per heavy atom. The smallest absolute Gasteiger partial charge is 0.320 e. The van der Waals surface area contributed by atoms with Crippen molar-refractivity contribution in [3.8, 4) is 10.4 Å². The third-order valence-electron chi connectivity index (χ3n) is 3.63. The van der Waals surface area contributed by atoms with Crippen LogP contribution in [0.3, 0.4) is 0 Å². The molecule has 5 heteroatoms. The Bertz CT molecular complexity index is 690. The van der Waals surface area contributed by atoms with Gasteiger partial charge in [0.1, 0.15) is 5.54 Å². The van der Waals surface area contributed by atoms with Gasteiger partial charge >= 0.3 is 6.03 Å². The van der Waals surface area contributed by atoms with E-state index in [9.17, 15) is 9.59 Å². The van der Waals surface area contributed by atoms with Crippen molar-refractivity contribution in [2.75, 3.05) is 0 Å². The maximum atomic E-state index is 11.9. The van der Waals surface area contributed by atoms with Gasteiger partial charge in [0, 0.05) is 4.88 Å². The van der Waals surface area contributed by atoms with E-state index in [1.807, 2.05) is 24.3 Å². The summed E-state index contributed by atoms with van der Waals surface area (Å²) in [4.78, 5) is 24.4. The van der Waals surface area contributed by atoms with Crippen LogP contribution in [0.2, 0.25) is 0 Å². The summed E-state index contributed by atoms with van der Waals surface area (Å²) >= 11 is 1.69. The molecule has 1 aliphatic rings. The maximum Gasteiger partial charge on any atom is 0.322 e. The summed E-state index contributed by atoms with van der Waals surface area (Å²) in [5.41, 5.74) is 2.15. The van der Waals surface area contributed by atoms with Gasteiger partial charge in [-0.25, -0.2) is 4.79 Å². The van der Waals surface area contributed by atoms with Gasteiger partial charge in [-0.15, -0.1) is 11.3 Å². The fraction of sp³-hybridized carbons (Fsp3) is 0.200. The number of urea groups is 1. The minimum Gasteiger partial charge on any atom is -0.320 e. The monoisotopic (exact) mass is 286 g/mol. The number of imide groups is 1. The molecule has 3 rings (SSSR count). The van der Waals surface area contributed by atoms with Crippen LogP contribution in [0.25, 0.3) is 10.4 Å². The number of nitrogens with one attached hydrogen (secondary N) is 2. The summed E-state index contributed by atoms with van der Waals surface area (Å²) in [5, 5.41) is 7.00. The number of carbonyl (C=O) groups excluding carboxylic acids is 2. The molecule has 3 amide bonds. The van der Waals surface area contributed by atoms with Gasteiger partial charge in [-0.3, -0.25) is 10.1 Å². The van der Waals surface area contributed by atoms with Gasteiger partial charge in [-0.2, -0.15) is 0 Å². The molecule has 0 saturated carbocycles. The van der Waals surface area contributed by atoms with E-state index in [0.29, 0.717) is 0 Å². The molecule has 1 atom stereocenters. The fourth-order valence-electron chi connectivity index (χ4n) is 2.37. The molecular weight excluding hydrogens is 272 g/mol. The summed E-state index contributed by atoms with van der Waals surface area (Å²) in [5.74, 6) is -0.317. The highest BCUT2D eigenvalue weighted by atomic mass is 32.1. The third-order valence-corrected chi connectivity index (χ3v) is 4.70. The summed E-state index contributed by atoms with van der Waals surface area (Å²) in [6.07, 6.45) is 0. The zero-order valence-corrected chi connectivity index (χ0v) is 12.0. The predicted octanol–water partition coefficient (Wildman–Crippen LogP) is 2.78. The first-order valence-corrected chi connectivity index (χ1v) is 7.17. The van der Waals surface area contributed by atoms with Crippen molar-refractivity contribution in [1.29, 1.82) is 0 Å². The Morgan fingerprint density at radius 3 is 2.30 bits per heavy atom. The molecule has 2 heterocycles. The van der Waals surface area contributed by atoms with Crippen LogP contribution in [0, 0.1) is 6.92 Å². The average Bonchev–Trinajstić information content (AvgIpc) is 2.95. The lowest BCUT2D eigenvalue weighted by atomic mass is 9.91. The first-order valence-electron chi connectivity index (χ1n) is 6.29. The Morgan fingerprint density at radius 1 is 1.10 bits per heavy atom. The summed E-state index contributed by atoms with van der Waals surface area (Å²) in [7, 11) is 0. The molecule has 102 valence electrons. The molecule has 2 aromatic rings. The van der Waals surface area contributed by atoms with Crippen molar-refractivity contribution < 1.29 is 9.59 Å². The van der Waals surface area contributed by atoms with Crippen LogP contribution in [0.5, 0.6) is 0 Å². The number of aryl methyl sites for hydroxylation is 1. The minimum absolute atomic E-state index is 0.317. The zero-order valence-electron chi connectivity index (χ0n) is 11.2. The lowest BCUT2D eigenvalue weighted by Gasteiger charge is -2.21. The SMILES string of the molecule is Cc1ccsc1-c1ccc(C2(C)NC(=O)NC2=O)cc1. The van der Waals surface area contributed by atoms with E-state index in [1.165, 1.54) is 10.4 Å². The van der Waals surface area contributed by atoms with Crippen molar-refractivity contribution in [3.05, 3.63) is 46.8 Å². The van der Waals surface area contributed by atoms with E-state index in [4.69, 9.17) is 0 Å². The van der Waals surface area contributed by atoms with Gasteiger partial charge in [0.2, 0.25) is 0 Å². The number of rotatable bonds is 2. The molecule has 0 spiro atoms. The molecule has 1 fully saturated rings. The molecule has 1 unspecified atom stereocenters. The topological polar surface area (TPSA) is 58.2 Å². The van der Waals surface area contributed by atoms with Gasteiger partial charge in [0.15, 0.2) is 0 Å². The van der Waals surface area contributed by atoms with E-state index >= 15 is 0 Å². The first kappa shape index (κ1) is 12.9. The highest BCUT2D eigenvalue weighted by molar-refractivity contribution is 7.13. The van der Waals surface area contributed by atoms with Crippen molar-refractivity contribution in [2.24, 2.45) is 0 Å². The average molecular weight is 286 g/mol. The molecule has 20 heavy (non-hydrogen) atoms. The van der Waals surface area contributed by atoms with E-state index in [0.717, 1.165) is 11.1 Å². The van der Waals surface area contributed by atoms with Gasteiger partial charge < -0.3 is 5.32 Å². The van der Waals surface area contributed by atoms with Crippen LogP contribution in [-0.4, -0.2) is 11.9 Å². The Labute approximate surface area is 120 Å². The molecule has 0 bridgehead atoms. The highest BCUT2D eigenvalue weighted by Crippen LogP contribution is 2.31. The van der Waals surface area contributed by atoms with Crippen molar-refractivity contribution in [2.45, 2.75) is 19.4 Å². The van der Waals surface area contributed by atoms with Gasteiger partial charge in [0.05, 0.1) is 0 Å². The second-order valence-corrected chi connectivity index (χ2v) is 5.96. The molecular formula is C15H14N2O2S.